The van der Waals surface area contributed by atoms with E-state index in [9.17, 15) is 0 Å². The van der Waals surface area contributed by atoms with Crippen molar-refractivity contribution >= 4 is 0 Å². The second-order valence-corrected chi connectivity index (χ2v) is 2.25. The molecule has 0 heterocycles. The summed E-state index contributed by atoms with van der Waals surface area (Å²) in [5, 5.41) is 8.86. The fourth-order valence-corrected chi connectivity index (χ4v) is 0.792. The summed E-state index contributed by atoms with van der Waals surface area (Å²) in [6.45, 7) is -4.71. The Morgan fingerprint density at radius 3 is 2.75 bits per heavy atom. The molecule has 0 fully saturated rings. The van der Waals surface area contributed by atoms with E-state index in [0.717, 1.165) is 5.56 Å². The van der Waals surface area contributed by atoms with Crippen LogP contribution in [0.2, 0.25) is 0 Å². The zero-order valence-corrected chi connectivity index (χ0v) is 6.66. The molecule has 0 bridgehead atoms. The molecule has 1 aromatic rings. The van der Waals surface area contributed by atoms with Crippen LogP contribution in [0.3, 0.4) is 0 Å². The van der Waals surface area contributed by atoms with Gasteiger partial charge in [0.2, 0.25) is 0 Å². The lowest BCUT2D eigenvalue weighted by molar-refractivity contribution is 0.104. The molecule has 0 unspecified atom stereocenters. The third-order valence-corrected chi connectivity index (χ3v) is 1.33. The summed E-state index contributed by atoms with van der Waals surface area (Å²) in [5.41, 5.74) is 0.796. The molecular weight excluding hydrogens is 152 g/mol. The Morgan fingerprint density at radius 1 is 1.33 bits per heavy atom. The first-order valence-electron chi connectivity index (χ1n) is 5.69. The van der Waals surface area contributed by atoms with Gasteiger partial charge in [0, 0.05) is 13.1 Å². The highest BCUT2D eigenvalue weighted by Gasteiger charge is 1.90. The average Bonchev–Trinajstić information content (AvgIpc) is 2.13. The van der Waals surface area contributed by atoms with Gasteiger partial charge in [-0.3, -0.25) is 0 Å². The molecule has 0 saturated heterocycles. The zero-order chi connectivity index (χ0) is 12.2. The molecule has 0 spiro atoms. The predicted molar refractivity (Wildman–Crippen MR) is 47.8 cm³/mol. The number of benzene rings is 1. The van der Waals surface area contributed by atoms with Gasteiger partial charge in [0.05, 0.1) is 12.1 Å². The minimum absolute atomic E-state index is 0.0456. The first-order chi connectivity index (χ1) is 7.29. The van der Waals surface area contributed by atoms with Gasteiger partial charge in [-0.2, -0.15) is 0 Å². The monoisotopic (exact) mass is 170 g/mol. The van der Waals surface area contributed by atoms with Crippen LogP contribution in [0.4, 0.5) is 0 Å². The van der Waals surface area contributed by atoms with E-state index in [1.54, 1.807) is 24.3 Å². The molecule has 66 valence electrons. The van der Waals surface area contributed by atoms with E-state index < -0.39 is 19.5 Å². The third kappa shape index (κ3) is 3.51. The van der Waals surface area contributed by atoms with Crippen LogP contribution in [0.15, 0.2) is 30.3 Å². The number of hydrogen-bond donors (Lipinski definition) is 1. The van der Waals surface area contributed by atoms with Gasteiger partial charge in [0.25, 0.3) is 0 Å². The van der Waals surface area contributed by atoms with Gasteiger partial charge < -0.3 is 9.84 Å². The van der Waals surface area contributed by atoms with Crippen molar-refractivity contribution < 1.29 is 15.3 Å². The first-order valence-corrected chi connectivity index (χ1v) is 3.69. The minimum Gasteiger partial charge on any atom is -0.396 e. The first kappa shape index (κ1) is 5.00. The van der Waals surface area contributed by atoms with Crippen molar-refractivity contribution in [2.24, 2.45) is 0 Å². The van der Waals surface area contributed by atoms with Crippen LogP contribution in [0.25, 0.3) is 0 Å². The molecule has 0 atom stereocenters. The van der Waals surface area contributed by atoms with Crippen molar-refractivity contribution in [1.29, 1.82) is 0 Å². The van der Waals surface area contributed by atoms with E-state index in [2.05, 4.69) is 0 Å². The maximum absolute atomic E-state index is 8.86. The number of ether oxygens (including phenoxy) is 1. The standard InChI is InChI=1S/C10H14O2/c11-7-4-8-12-9-10-5-2-1-3-6-10/h1-3,5-6,11H,4,7-9H2/i7D2,8D2. The highest BCUT2D eigenvalue weighted by atomic mass is 16.5. The lowest BCUT2D eigenvalue weighted by atomic mass is 10.2. The topological polar surface area (TPSA) is 29.5 Å². The second kappa shape index (κ2) is 5.75. The third-order valence-electron chi connectivity index (χ3n) is 1.33. The molecule has 1 N–H and O–H groups in total. The fraction of sp³-hybridized carbons (Fsp3) is 0.400. The van der Waals surface area contributed by atoms with Gasteiger partial charge >= 0.3 is 0 Å². The molecule has 1 rings (SSSR count). The van der Waals surface area contributed by atoms with Gasteiger partial charge in [-0.15, -0.1) is 0 Å². The Hall–Kier alpha value is -0.860. The van der Waals surface area contributed by atoms with Gasteiger partial charge in [-0.05, 0) is 12.0 Å². The quantitative estimate of drug-likeness (QED) is 0.727. The maximum atomic E-state index is 8.86. The highest BCUT2D eigenvalue weighted by Crippen LogP contribution is 2.00. The number of rotatable bonds is 5. The van der Waals surface area contributed by atoms with Crippen LogP contribution in [0.1, 0.15) is 17.5 Å². The molecule has 0 saturated carbocycles. The smallest absolute Gasteiger partial charge is 0.0716 e. The molecule has 0 aliphatic heterocycles. The molecule has 2 heteroatoms. The Kier molecular flexibility index (Phi) is 2.39. The summed E-state index contributed by atoms with van der Waals surface area (Å²) in [4.78, 5) is 0. The van der Waals surface area contributed by atoms with E-state index >= 15 is 0 Å². The van der Waals surface area contributed by atoms with E-state index in [0.29, 0.717) is 0 Å². The van der Waals surface area contributed by atoms with E-state index in [1.807, 2.05) is 6.07 Å². The molecule has 1 aromatic carbocycles. The Bertz CT molecular complexity index is 321. The van der Waals surface area contributed by atoms with Crippen molar-refractivity contribution in [3.63, 3.8) is 0 Å². The lowest BCUT2D eigenvalue weighted by Gasteiger charge is -2.01. The van der Waals surface area contributed by atoms with Crippen LogP contribution in [-0.4, -0.2) is 18.2 Å². The average molecular weight is 170 g/mol. The van der Waals surface area contributed by atoms with Crippen LogP contribution in [0, 0.1) is 0 Å². The SMILES string of the molecule is [2H]C([2H])(O)CC([2H])([2H])OCc1ccccc1. The molecule has 0 amide bonds. The number of hydrogen-bond acceptors (Lipinski definition) is 2. The molecule has 0 aliphatic carbocycles. The van der Waals surface area contributed by atoms with Crippen molar-refractivity contribution in [3.05, 3.63) is 35.9 Å². The summed E-state index contributed by atoms with van der Waals surface area (Å²) in [5.74, 6) is 0. The fourth-order valence-electron chi connectivity index (χ4n) is 0.792. The van der Waals surface area contributed by atoms with Crippen LogP contribution < -0.4 is 0 Å². The maximum Gasteiger partial charge on any atom is 0.0716 e. The summed E-state index contributed by atoms with van der Waals surface area (Å²) >= 11 is 0. The van der Waals surface area contributed by atoms with Gasteiger partial charge in [-0.25, -0.2) is 0 Å². The van der Waals surface area contributed by atoms with Crippen LogP contribution in [-0.2, 0) is 11.3 Å². The van der Waals surface area contributed by atoms with Crippen molar-refractivity contribution in [2.45, 2.75) is 13.0 Å². The second-order valence-electron chi connectivity index (χ2n) is 2.25. The molecule has 12 heavy (non-hydrogen) atoms. The van der Waals surface area contributed by atoms with Crippen molar-refractivity contribution in [1.82, 2.24) is 0 Å². The summed E-state index contributed by atoms with van der Waals surface area (Å²) in [6, 6.07) is 9.01. The minimum atomic E-state index is -2.57. The van der Waals surface area contributed by atoms with Crippen LogP contribution in [0.5, 0.6) is 0 Å². The highest BCUT2D eigenvalue weighted by molar-refractivity contribution is 5.13. The Labute approximate surface area is 78.4 Å². The summed E-state index contributed by atoms with van der Waals surface area (Å²) < 4.78 is 33.4. The Balaban J connectivity index is 2.48. The molecule has 0 radical (unpaired) electrons. The van der Waals surface area contributed by atoms with E-state index in [-0.39, 0.29) is 6.61 Å². The molecular formula is C10H14O2. The number of aliphatic hydroxyl groups is 1. The lowest BCUT2D eigenvalue weighted by Crippen LogP contribution is -1.97. The summed E-state index contributed by atoms with van der Waals surface area (Å²) in [7, 11) is 0. The summed E-state index contributed by atoms with van der Waals surface area (Å²) in [6.07, 6.45) is -0.715. The van der Waals surface area contributed by atoms with Crippen molar-refractivity contribution in [2.75, 3.05) is 13.1 Å². The molecule has 2 nitrogen and oxygen atoms in total. The zero-order valence-electron chi connectivity index (χ0n) is 10.7. The van der Waals surface area contributed by atoms with Gasteiger partial charge in [0.15, 0.2) is 0 Å². The largest absolute Gasteiger partial charge is 0.396 e. The van der Waals surface area contributed by atoms with Crippen LogP contribution >= 0.6 is 0 Å². The van der Waals surface area contributed by atoms with Gasteiger partial charge in [0.1, 0.15) is 0 Å². The Morgan fingerprint density at radius 2 is 2.08 bits per heavy atom. The van der Waals surface area contributed by atoms with E-state index in [4.69, 9.17) is 15.3 Å². The molecule has 0 aliphatic rings. The van der Waals surface area contributed by atoms with Crippen molar-refractivity contribution in [3.8, 4) is 0 Å². The van der Waals surface area contributed by atoms with E-state index in [1.165, 1.54) is 0 Å². The van der Waals surface area contributed by atoms with Gasteiger partial charge in [-0.1, -0.05) is 30.3 Å². The predicted octanol–water partition coefficient (Wildman–Crippen LogP) is 1.59. The molecule has 0 aromatic heterocycles. The normalized spacial score (nSPS) is 17.4.